The molecule has 0 spiro atoms. The molecule has 0 bridgehead atoms. The Morgan fingerprint density at radius 3 is 2.96 bits per heavy atom. The number of nitrogens with zero attached hydrogens (tertiary/aromatic N) is 2. The molecule has 1 N–H and O–H groups in total. The number of hydrogen-bond donors (Lipinski definition) is 1. The quantitative estimate of drug-likeness (QED) is 0.914. The third-order valence-electron chi connectivity index (χ3n) is 4.37. The maximum absolute atomic E-state index is 12.7. The molecule has 0 aliphatic carbocycles. The summed E-state index contributed by atoms with van der Waals surface area (Å²) in [5.74, 6) is 0.649. The van der Waals surface area contributed by atoms with Gasteiger partial charge < -0.3 is 14.7 Å². The zero-order chi connectivity index (χ0) is 16.9. The van der Waals surface area contributed by atoms with Crippen molar-refractivity contribution in [3.8, 4) is 0 Å². The first-order valence-electron chi connectivity index (χ1n) is 8.45. The van der Waals surface area contributed by atoms with Crippen molar-refractivity contribution >= 4 is 17.8 Å². The van der Waals surface area contributed by atoms with Crippen LogP contribution in [0.15, 0.2) is 40.9 Å². The molecule has 2 amide bonds. The molecule has 1 aromatic heterocycles. The second kappa shape index (κ2) is 7.34. The molecule has 2 heterocycles. The third kappa shape index (κ3) is 3.50. The molecule has 1 fully saturated rings. The molecule has 0 saturated carbocycles. The Labute approximate surface area is 142 Å². The van der Waals surface area contributed by atoms with Crippen molar-refractivity contribution in [2.24, 2.45) is 0 Å². The smallest absolute Gasteiger partial charge is 0.322 e. The summed E-state index contributed by atoms with van der Waals surface area (Å²) >= 11 is 0. The van der Waals surface area contributed by atoms with Gasteiger partial charge in [-0.3, -0.25) is 0 Å². The Bertz CT molecular complexity index is 721. The van der Waals surface area contributed by atoms with E-state index < -0.39 is 0 Å². The highest BCUT2D eigenvalue weighted by atomic mass is 16.5. The lowest BCUT2D eigenvalue weighted by Gasteiger charge is -2.22. The number of aryl methyl sites for hydroxylation is 2. The Balaban J connectivity index is 1.69. The molecule has 5 heteroatoms. The lowest BCUT2D eigenvalue weighted by molar-refractivity contribution is 0.214. The fourth-order valence-electron chi connectivity index (χ4n) is 3.03. The van der Waals surface area contributed by atoms with E-state index in [2.05, 4.69) is 34.8 Å². The van der Waals surface area contributed by atoms with Crippen LogP contribution in [-0.4, -0.2) is 28.7 Å². The molecule has 24 heavy (non-hydrogen) atoms. The van der Waals surface area contributed by atoms with Gasteiger partial charge in [0.15, 0.2) is 5.76 Å². The highest BCUT2D eigenvalue weighted by molar-refractivity contribution is 5.91. The highest BCUT2D eigenvalue weighted by Gasteiger charge is 2.28. The van der Waals surface area contributed by atoms with Gasteiger partial charge in [0.05, 0.1) is 6.04 Å². The number of aromatic nitrogens is 1. The van der Waals surface area contributed by atoms with Gasteiger partial charge in [0.2, 0.25) is 0 Å². The first-order chi connectivity index (χ1) is 11.7. The van der Waals surface area contributed by atoms with Gasteiger partial charge in [-0.15, -0.1) is 0 Å². The topological polar surface area (TPSA) is 58.4 Å². The van der Waals surface area contributed by atoms with E-state index >= 15 is 0 Å². The van der Waals surface area contributed by atoms with Crippen LogP contribution in [0.25, 0.3) is 6.08 Å². The van der Waals surface area contributed by atoms with Gasteiger partial charge in [0.1, 0.15) is 11.4 Å². The van der Waals surface area contributed by atoms with E-state index in [1.165, 1.54) is 0 Å². The third-order valence-corrected chi connectivity index (χ3v) is 4.37. The zero-order valence-electron chi connectivity index (χ0n) is 14.2. The van der Waals surface area contributed by atoms with Crippen molar-refractivity contribution in [3.05, 3.63) is 53.4 Å². The molecular formula is C19H23N3O2. The second-order valence-electron chi connectivity index (χ2n) is 6.02. The Kier molecular flexibility index (Phi) is 4.99. The van der Waals surface area contributed by atoms with Crippen LogP contribution in [0.3, 0.4) is 0 Å². The van der Waals surface area contributed by atoms with Crippen LogP contribution in [-0.2, 0) is 6.42 Å². The van der Waals surface area contributed by atoms with E-state index in [-0.39, 0.29) is 12.1 Å². The van der Waals surface area contributed by atoms with Gasteiger partial charge in [0.25, 0.3) is 0 Å². The highest BCUT2D eigenvalue weighted by Crippen LogP contribution is 2.24. The zero-order valence-corrected chi connectivity index (χ0v) is 14.2. The number of benzene rings is 1. The number of amides is 2. The van der Waals surface area contributed by atoms with Crippen LogP contribution in [0.1, 0.15) is 36.8 Å². The van der Waals surface area contributed by atoms with E-state index in [1.807, 2.05) is 36.9 Å². The Morgan fingerprint density at radius 1 is 1.42 bits per heavy atom. The van der Waals surface area contributed by atoms with E-state index in [9.17, 15) is 4.79 Å². The van der Waals surface area contributed by atoms with E-state index in [0.29, 0.717) is 11.4 Å². The summed E-state index contributed by atoms with van der Waals surface area (Å²) < 4.78 is 5.19. The molecule has 126 valence electrons. The first kappa shape index (κ1) is 16.3. The van der Waals surface area contributed by atoms with Gasteiger partial charge in [-0.1, -0.05) is 54.6 Å². The molecule has 1 saturated heterocycles. The number of anilines is 1. The van der Waals surface area contributed by atoms with Crippen LogP contribution >= 0.6 is 0 Å². The minimum atomic E-state index is -0.0868. The van der Waals surface area contributed by atoms with Crippen LogP contribution in [0, 0.1) is 6.92 Å². The monoisotopic (exact) mass is 325 g/mol. The standard InChI is InChI=1S/C19H23N3O2/c1-3-17-18(14(2)24-21-17)20-19(23)22-13-7-10-16(22)12-11-15-8-5-4-6-9-15/h4-6,8-9,11-12,16H,3,7,10,13H2,1-2H3,(H,20,23)/b12-11+/t16-/m0/s1. The summed E-state index contributed by atoms with van der Waals surface area (Å²) in [6.07, 6.45) is 6.92. The maximum Gasteiger partial charge on any atom is 0.322 e. The van der Waals surface area contributed by atoms with E-state index in [4.69, 9.17) is 4.52 Å². The minimum absolute atomic E-state index is 0.0868. The summed E-state index contributed by atoms with van der Waals surface area (Å²) in [7, 11) is 0. The van der Waals surface area contributed by atoms with Gasteiger partial charge in [-0.25, -0.2) is 4.79 Å². The van der Waals surface area contributed by atoms with Crippen molar-refractivity contribution in [2.75, 3.05) is 11.9 Å². The van der Waals surface area contributed by atoms with Crippen molar-refractivity contribution in [2.45, 2.75) is 39.2 Å². The number of likely N-dealkylation sites (tertiary alicyclic amines) is 1. The van der Waals surface area contributed by atoms with Gasteiger partial charge in [-0.2, -0.15) is 0 Å². The van der Waals surface area contributed by atoms with Crippen molar-refractivity contribution < 1.29 is 9.32 Å². The lowest BCUT2D eigenvalue weighted by atomic mass is 10.1. The Morgan fingerprint density at radius 2 is 2.21 bits per heavy atom. The van der Waals surface area contributed by atoms with Crippen molar-refractivity contribution in [1.82, 2.24) is 10.1 Å². The molecule has 1 atom stereocenters. The predicted molar refractivity (Wildman–Crippen MR) is 94.8 cm³/mol. The number of carbonyl (C=O) groups is 1. The number of carbonyl (C=O) groups excluding carboxylic acids is 1. The van der Waals surface area contributed by atoms with Gasteiger partial charge in [0, 0.05) is 6.54 Å². The van der Waals surface area contributed by atoms with Crippen molar-refractivity contribution in [1.29, 1.82) is 0 Å². The van der Waals surface area contributed by atoms with E-state index in [1.54, 1.807) is 0 Å². The fraction of sp³-hybridized carbons (Fsp3) is 0.368. The molecule has 1 aliphatic rings. The summed E-state index contributed by atoms with van der Waals surface area (Å²) in [5.41, 5.74) is 2.64. The van der Waals surface area contributed by atoms with Gasteiger partial charge >= 0.3 is 6.03 Å². The number of hydrogen-bond acceptors (Lipinski definition) is 3. The fourth-order valence-corrected chi connectivity index (χ4v) is 3.03. The average Bonchev–Trinajstić information content (AvgIpc) is 3.21. The molecule has 1 aliphatic heterocycles. The van der Waals surface area contributed by atoms with Crippen LogP contribution in [0.5, 0.6) is 0 Å². The van der Waals surface area contributed by atoms with Crippen LogP contribution in [0.2, 0.25) is 0 Å². The molecule has 1 aromatic carbocycles. The summed E-state index contributed by atoms with van der Waals surface area (Å²) in [6.45, 7) is 4.58. The second-order valence-corrected chi connectivity index (χ2v) is 6.02. The summed E-state index contributed by atoms with van der Waals surface area (Å²) in [5, 5.41) is 6.96. The van der Waals surface area contributed by atoms with Crippen LogP contribution < -0.4 is 5.32 Å². The largest absolute Gasteiger partial charge is 0.359 e. The van der Waals surface area contributed by atoms with Gasteiger partial charge in [-0.05, 0) is 31.7 Å². The van der Waals surface area contributed by atoms with Crippen LogP contribution in [0.4, 0.5) is 10.5 Å². The number of rotatable bonds is 4. The average molecular weight is 325 g/mol. The molecule has 2 aromatic rings. The minimum Gasteiger partial charge on any atom is -0.359 e. The molecule has 0 radical (unpaired) electrons. The molecule has 3 rings (SSSR count). The normalized spacial score (nSPS) is 17.6. The first-order valence-corrected chi connectivity index (χ1v) is 8.45. The lowest BCUT2D eigenvalue weighted by Crippen LogP contribution is -2.38. The maximum atomic E-state index is 12.7. The number of urea groups is 1. The summed E-state index contributed by atoms with van der Waals surface area (Å²) in [6, 6.07) is 10.2. The summed E-state index contributed by atoms with van der Waals surface area (Å²) in [4.78, 5) is 14.5. The number of nitrogens with one attached hydrogen (secondary N) is 1. The van der Waals surface area contributed by atoms with E-state index in [0.717, 1.165) is 37.1 Å². The van der Waals surface area contributed by atoms with Crippen molar-refractivity contribution in [3.63, 3.8) is 0 Å². The molecule has 0 unspecified atom stereocenters. The molecular weight excluding hydrogens is 302 g/mol. The SMILES string of the molecule is CCc1noc(C)c1NC(=O)N1CCC[C@H]1/C=C/c1ccccc1. The Hall–Kier alpha value is -2.56. The predicted octanol–water partition coefficient (Wildman–Crippen LogP) is 4.26. The molecule has 5 nitrogen and oxygen atoms in total.